The second-order valence-electron chi connectivity index (χ2n) is 20.9. The van der Waals surface area contributed by atoms with Gasteiger partial charge in [0, 0.05) is 19.3 Å². The molecule has 0 N–H and O–H groups in total. The van der Waals surface area contributed by atoms with E-state index in [0.29, 0.717) is 19.3 Å². The average Bonchev–Trinajstić information content (AvgIpc) is 3.43. The predicted molar refractivity (Wildman–Crippen MR) is 334 cm³/mol. The van der Waals surface area contributed by atoms with Gasteiger partial charge < -0.3 is 14.2 Å². The van der Waals surface area contributed by atoms with Crippen LogP contribution < -0.4 is 0 Å². The molecule has 77 heavy (non-hydrogen) atoms. The van der Waals surface area contributed by atoms with Gasteiger partial charge in [-0.25, -0.2) is 0 Å². The van der Waals surface area contributed by atoms with Crippen LogP contribution in [0.2, 0.25) is 0 Å². The number of hydrogen-bond donors (Lipinski definition) is 0. The number of rotatable bonds is 57. The first-order chi connectivity index (χ1) is 38.0. The van der Waals surface area contributed by atoms with E-state index in [2.05, 4.69) is 142 Å². The maximum Gasteiger partial charge on any atom is 0.306 e. The number of allylic oxidation sites excluding steroid dienone is 20. The Hall–Kier alpha value is -4.19. The average molecular weight is 1070 g/mol. The van der Waals surface area contributed by atoms with Crippen LogP contribution in [-0.4, -0.2) is 37.2 Å². The predicted octanol–water partition coefficient (Wildman–Crippen LogP) is 22.0. The highest BCUT2D eigenvalue weighted by Crippen LogP contribution is 2.15. The molecular weight excluding hydrogens is 949 g/mol. The normalized spacial score (nSPS) is 12.9. The maximum atomic E-state index is 12.9. The van der Waals surface area contributed by atoms with Gasteiger partial charge in [-0.1, -0.05) is 284 Å². The smallest absolute Gasteiger partial charge is 0.306 e. The van der Waals surface area contributed by atoms with Crippen LogP contribution in [0.25, 0.3) is 0 Å². The number of ether oxygens (including phenoxy) is 3. The molecule has 0 aliphatic heterocycles. The molecule has 1 unspecified atom stereocenters. The zero-order valence-electron chi connectivity index (χ0n) is 50.2. The number of hydrogen-bond acceptors (Lipinski definition) is 6. The van der Waals surface area contributed by atoms with E-state index in [1.165, 1.54) is 141 Å². The Morgan fingerprint density at radius 3 is 0.857 bits per heavy atom. The molecule has 0 aromatic heterocycles. The molecule has 0 fully saturated rings. The minimum Gasteiger partial charge on any atom is -0.462 e. The van der Waals surface area contributed by atoms with Gasteiger partial charge in [0.1, 0.15) is 13.2 Å². The number of carbonyl (C=O) groups excluding carboxylic acids is 3. The highest BCUT2D eigenvalue weighted by atomic mass is 16.6. The van der Waals surface area contributed by atoms with Crippen molar-refractivity contribution in [1.82, 2.24) is 0 Å². The van der Waals surface area contributed by atoms with Crippen molar-refractivity contribution < 1.29 is 28.6 Å². The fraction of sp³-hybridized carbons (Fsp3) is 0.676. The summed E-state index contributed by atoms with van der Waals surface area (Å²) in [5.41, 5.74) is 0. The first-order valence-electron chi connectivity index (χ1n) is 32.0. The zero-order chi connectivity index (χ0) is 55.7. The minimum absolute atomic E-state index is 0.0973. The summed E-state index contributed by atoms with van der Waals surface area (Å²) < 4.78 is 16.9. The molecule has 0 saturated carbocycles. The summed E-state index contributed by atoms with van der Waals surface area (Å²) >= 11 is 0. The van der Waals surface area contributed by atoms with Crippen molar-refractivity contribution in [3.63, 3.8) is 0 Å². The SMILES string of the molecule is CC/C=C\C/C=C\C/C=C\C/C=C\C/C=C\C/C=C\C/C=C\C/C=C\C/C=C\CCCC(=O)OCC(COC(=O)CCCCCCCCCCCCCC)OC(=O)CCCCCCCCC/C=C\CCCCCCCCC. The van der Waals surface area contributed by atoms with Gasteiger partial charge in [-0.05, 0) is 109 Å². The van der Waals surface area contributed by atoms with Crippen molar-refractivity contribution in [2.24, 2.45) is 0 Å². The molecule has 0 aliphatic rings. The monoisotopic (exact) mass is 1070 g/mol. The molecule has 0 rings (SSSR count). The van der Waals surface area contributed by atoms with E-state index in [1.807, 2.05) is 0 Å². The van der Waals surface area contributed by atoms with E-state index in [4.69, 9.17) is 14.2 Å². The summed E-state index contributed by atoms with van der Waals surface area (Å²) in [7, 11) is 0. The first kappa shape index (κ1) is 72.8. The molecule has 6 nitrogen and oxygen atoms in total. The van der Waals surface area contributed by atoms with Crippen LogP contribution in [0, 0.1) is 0 Å². The van der Waals surface area contributed by atoms with Crippen molar-refractivity contribution in [3.05, 3.63) is 122 Å². The largest absolute Gasteiger partial charge is 0.462 e. The second kappa shape index (κ2) is 64.3. The molecule has 0 radical (unpaired) electrons. The van der Waals surface area contributed by atoms with Gasteiger partial charge in [0.05, 0.1) is 0 Å². The molecule has 0 saturated heterocycles. The molecule has 438 valence electrons. The highest BCUT2D eigenvalue weighted by Gasteiger charge is 2.19. The maximum absolute atomic E-state index is 12.9. The molecule has 0 heterocycles. The summed E-state index contributed by atoms with van der Waals surface area (Å²) in [4.78, 5) is 38.2. The van der Waals surface area contributed by atoms with Gasteiger partial charge >= 0.3 is 17.9 Å². The molecule has 0 amide bonds. The minimum atomic E-state index is -0.805. The summed E-state index contributed by atoms with van der Waals surface area (Å²) in [6.07, 6.45) is 89.2. The highest BCUT2D eigenvalue weighted by molar-refractivity contribution is 5.71. The Bertz CT molecular complexity index is 1600. The molecule has 0 spiro atoms. The number of unbranched alkanes of at least 4 members (excludes halogenated alkanes) is 26. The lowest BCUT2D eigenvalue weighted by Gasteiger charge is -2.18. The lowest BCUT2D eigenvalue weighted by Crippen LogP contribution is -2.30. The summed E-state index contributed by atoms with van der Waals surface area (Å²) in [6, 6.07) is 0. The standard InChI is InChI=1S/C71H118O6/c1-4-7-10-13-16-19-22-25-27-29-31-32-33-34-35-36-37-38-39-40-41-43-44-46-49-52-55-58-61-64-70(73)76-67-68(66-75-69(72)63-60-57-54-51-48-24-21-18-15-12-9-6-3)77-71(74)65-62-59-56-53-50-47-45-42-30-28-26-23-20-17-14-11-8-5-2/h7,10,16,19,25,27-28,30-32,34-35,37-38,40-41,44,46,52,55,68H,4-6,8-9,11-15,17-18,20-24,26,29,33,36,39,42-43,45,47-51,53-54,56-67H2,1-3H3/b10-7-,19-16-,27-25-,30-28-,32-31-,35-34-,38-37-,41-40-,46-44-,55-52-. The van der Waals surface area contributed by atoms with Crippen molar-refractivity contribution in [2.75, 3.05) is 13.2 Å². The fourth-order valence-corrected chi connectivity index (χ4v) is 8.67. The molecule has 0 bridgehead atoms. The van der Waals surface area contributed by atoms with Crippen LogP contribution in [0.15, 0.2) is 122 Å². The van der Waals surface area contributed by atoms with E-state index in [9.17, 15) is 14.4 Å². The van der Waals surface area contributed by atoms with Gasteiger partial charge in [0.25, 0.3) is 0 Å². The van der Waals surface area contributed by atoms with Crippen molar-refractivity contribution in [2.45, 2.75) is 297 Å². The third kappa shape index (κ3) is 62.5. The Morgan fingerprint density at radius 2 is 0.519 bits per heavy atom. The Labute approximate surface area is 475 Å². The lowest BCUT2D eigenvalue weighted by molar-refractivity contribution is -0.167. The molecule has 1 atom stereocenters. The quantitative estimate of drug-likeness (QED) is 0.0261. The van der Waals surface area contributed by atoms with Gasteiger partial charge in [-0.3, -0.25) is 14.4 Å². The Balaban J connectivity index is 4.42. The third-order valence-electron chi connectivity index (χ3n) is 13.5. The Kier molecular flexibility index (Phi) is 60.8. The van der Waals surface area contributed by atoms with E-state index >= 15 is 0 Å². The summed E-state index contributed by atoms with van der Waals surface area (Å²) in [5.74, 6) is -0.959. The van der Waals surface area contributed by atoms with E-state index in [0.717, 1.165) is 103 Å². The van der Waals surface area contributed by atoms with Gasteiger partial charge in [0.15, 0.2) is 6.10 Å². The van der Waals surface area contributed by atoms with E-state index < -0.39 is 6.10 Å². The third-order valence-corrected chi connectivity index (χ3v) is 13.5. The van der Waals surface area contributed by atoms with Crippen LogP contribution in [-0.2, 0) is 28.6 Å². The molecule has 0 aromatic carbocycles. The molecule has 0 aliphatic carbocycles. The topological polar surface area (TPSA) is 78.9 Å². The van der Waals surface area contributed by atoms with Gasteiger partial charge in [-0.15, -0.1) is 0 Å². The molecular formula is C71H118O6. The van der Waals surface area contributed by atoms with E-state index in [-0.39, 0.29) is 37.5 Å². The zero-order valence-corrected chi connectivity index (χ0v) is 50.2. The van der Waals surface area contributed by atoms with Gasteiger partial charge in [0.2, 0.25) is 0 Å². The summed E-state index contributed by atoms with van der Waals surface area (Å²) in [5, 5.41) is 0. The number of esters is 3. The fourth-order valence-electron chi connectivity index (χ4n) is 8.67. The Morgan fingerprint density at radius 1 is 0.273 bits per heavy atom. The van der Waals surface area contributed by atoms with Crippen LogP contribution in [0.3, 0.4) is 0 Å². The first-order valence-corrected chi connectivity index (χ1v) is 32.0. The van der Waals surface area contributed by atoms with Crippen LogP contribution in [0.4, 0.5) is 0 Å². The molecule has 0 aromatic rings. The van der Waals surface area contributed by atoms with Gasteiger partial charge in [-0.2, -0.15) is 0 Å². The summed E-state index contributed by atoms with van der Waals surface area (Å²) in [6.45, 7) is 6.48. The van der Waals surface area contributed by atoms with Crippen LogP contribution in [0.1, 0.15) is 290 Å². The lowest BCUT2D eigenvalue weighted by atomic mass is 10.0. The molecule has 6 heteroatoms. The second-order valence-corrected chi connectivity index (χ2v) is 20.9. The number of carbonyl (C=O) groups is 3. The van der Waals surface area contributed by atoms with Crippen LogP contribution in [0.5, 0.6) is 0 Å². The van der Waals surface area contributed by atoms with Crippen molar-refractivity contribution in [1.29, 1.82) is 0 Å². The van der Waals surface area contributed by atoms with Crippen molar-refractivity contribution >= 4 is 17.9 Å². The van der Waals surface area contributed by atoms with E-state index in [1.54, 1.807) is 0 Å². The van der Waals surface area contributed by atoms with Crippen molar-refractivity contribution in [3.8, 4) is 0 Å². The van der Waals surface area contributed by atoms with Crippen LogP contribution >= 0.6 is 0 Å².